The van der Waals surface area contributed by atoms with Crippen LogP contribution in [0.5, 0.6) is 0 Å². The van der Waals surface area contributed by atoms with Crippen LogP contribution in [0.2, 0.25) is 0 Å². The van der Waals surface area contributed by atoms with E-state index in [4.69, 9.17) is 0 Å². The second-order valence-corrected chi connectivity index (χ2v) is 5.81. The lowest BCUT2D eigenvalue weighted by molar-refractivity contribution is 0.219. The van der Waals surface area contributed by atoms with Crippen LogP contribution in [-0.2, 0) is 0 Å². The minimum Gasteiger partial charge on any atom is -0.303 e. The third-order valence-corrected chi connectivity index (χ3v) is 4.23. The highest BCUT2D eigenvalue weighted by Crippen LogP contribution is 2.22. The molecule has 1 fully saturated rings. The summed E-state index contributed by atoms with van der Waals surface area (Å²) >= 11 is 0. The van der Waals surface area contributed by atoms with Gasteiger partial charge in [-0.1, -0.05) is 58.8 Å². The molecule has 1 rings (SSSR count). The SMILES string of the molecule is CCCN(CC)CC1CCCCCCCCC1. The topological polar surface area (TPSA) is 3.24 Å². The molecule has 0 heterocycles. The summed E-state index contributed by atoms with van der Waals surface area (Å²) in [6, 6.07) is 0. The van der Waals surface area contributed by atoms with Crippen molar-refractivity contribution < 1.29 is 0 Å². The quantitative estimate of drug-likeness (QED) is 0.662. The fourth-order valence-corrected chi connectivity index (χ4v) is 3.14. The molecule has 1 nitrogen and oxygen atoms in total. The summed E-state index contributed by atoms with van der Waals surface area (Å²) in [5.74, 6) is 0.986. The largest absolute Gasteiger partial charge is 0.303 e. The Balaban J connectivity index is 2.30. The lowest BCUT2D eigenvalue weighted by atomic mass is 9.92. The zero-order chi connectivity index (χ0) is 12.3. The summed E-state index contributed by atoms with van der Waals surface area (Å²) in [5.41, 5.74) is 0. The molecule has 0 aromatic rings. The van der Waals surface area contributed by atoms with Crippen LogP contribution in [0.1, 0.15) is 78.1 Å². The summed E-state index contributed by atoms with van der Waals surface area (Å²) in [5, 5.41) is 0. The Hall–Kier alpha value is -0.0400. The van der Waals surface area contributed by atoms with Crippen molar-refractivity contribution in [1.29, 1.82) is 0 Å². The molecule has 0 aromatic carbocycles. The average molecular weight is 239 g/mol. The first-order chi connectivity index (χ1) is 8.36. The zero-order valence-electron chi connectivity index (χ0n) is 12.2. The highest BCUT2D eigenvalue weighted by Gasteiger charge is 2.13. The van der Waals surface area contributed by atoms with Crippen molar-refractivity contribution in [1.82, 2.24) is 4.90 Å². The minimum atomic E-state index is 0.986. The molecule has 0 atom stereocenters. The molecule has 0 N–H and O–H groups in total. The molecule has 17 heavy (non-hydrogen) atoms. The molecule has 1 aliphatic carbocycles. The van der Waals surface area contributed by atoms with Crippen molar-refractivity contribution in [2.45, 2.75) is 78.1 Å². The van der Waals surface area contributed by atoms with Gasteiger partial charge in [0, 0.05) is 6.54 Å². The fraction of sp³-hybridized carbons (Fsp3) is 1.00. The Labute approximate surface area is 109 Å². The summed E-state index contributed by atoms with van der Waals surface area (Å²) in [6.45, 7) is 8.52. The number of hydrogen-bond donors (Lipinski definition) is 0. The van der Waals surface area contributed by atoms with Gasteiger partial charge in [0.15, 0.2) is 0 Å². The van der Waals surface area contributed by atoms with Crippen LogP contribution in [-0.4, -0.2) is 24.5 Å². The molecule has 0 unspecified atom stereocenters. The van der Waals surface area contributed by atoms with Gasteiger partial charge >= 0.3 is 0 Å². The lowest BCUT2D eigenvalue weighted by Crippen LogP contribution is -2.30. The Morgan fingerprint density at radius 2 is 1.35 bits per heavy atom. The Morgan fingerprint density at radius 1 is 0.824 bits per heavy atom. The van der Waals surface area contributed by atoms with Gasteiger partial charge in [-0.15, -0.1) is 0 Å². The summed E-state index contributed by atoms with van der Waals surface area (Å²) < 4.78 is 0. The second-order valence-electron chi connectivity index (χ2n) is 5.81. The minimum absolute atomic E-state index is 0.986. The van der Waals surface area contributed by atoms with E-state index in [1.165, 1.54) is 83.8 Å². The van der Waals surface area contributed by atoms with E-state index in [1.807, 2.05) is 0 Å². The molecule has 0 bridgehead atoms. The second kappa shape index (κ2) is 9.94. The van der Waals surface area contributed by atoms with Crippen LogP contribution in [0.3, 0.4) is 0 Å². The first kappa shape index (κ1) is 15.0. The van der Waals surface area contributed by atoms with Gasteiger partial charge < -0.3 is 4.90 Å². The van der Waals surface area contributed by atoms with Crippen molar-refractivity contribution in [3.8, 4) is 0 Å². The van der Waals surface area contributed by atoms with Crippen LogP contribution in [0, 0.1) is 5.92 Å². The third kappa shape index (κ3) is 7.08. The molecule has 0 saturated heterocycles. The maximum atomic E-state index is 2.66. The van der Waals surface area contributed by atoms with Gasteiger partial charge in [0.05, 0.1) is 0 Å². The van der Waals surface area contributed by atoms with Gasteiger partial charge in [0.2, 0.25) is 0 Å². The standard InChI is InChI=1S/C16H33N/c1-3-14-17(4-2)15-16-12-10-8-6-5-7-9-11-13-16/h16H,3-15H2,1-2H3. The predicted molar refractivity (Wildman–Crippen MR) is 77.4 cm³/mol. The molecular formula is C16H33N. The summed E-state index contributed by atoms with van der Waals surface area (Å²) in [7, 11) is 0. The normalized spacial score (nSPS) is 20.6. The van der Waals surface area contributed by atoms with Gasteiger partial charge in [-0.05, 0) is 38.3 Å². The molecule has 1 saturated carbocycles. The molecule has 0 aromatic heterocycles. The molecule has 0 radical (unpaired) electrons. The van der Waals surface area contributed by atoms with E-state index in [0.29, 0.717) is 0 Å². The average Bonchev–Trinajstić information content (AvgIpc) is 2.36. The maximum Gasteiger partial charge on any atom is 0.000954 e. The van der Waals surface area contributed by atoms with Crippen molar-refractivity contribution in [3.63, 3.8) is 0 Å². The van der Waals surface area contributed by atoms with Crippen molar-refractivity contribution >= 4 is 0 Å². The molecule has 0 amide bonds. The molecule has 102 valence electrons. The summed E-state index contributed by atoms with van der Waals surface area (Å²) in [4.78, 5) is 2.66. The zero-order valence-corrected chi connectivity index (χ0v) is 12.2. The maximum absolute atomic E-state index is 2.66. The first-order valence-electron chi connectivity index (χ1n) is 8.09. The monoisotopic (exact) mass is 239 g/mol. The number of rotatable bonds is 5. The predicted octanol–water partition coefficient (Wildman–Crippen LogP) is 4.86. The Kier molecular flexibility index (Phi) is 8.78. The van der Waals surface area contributed by atoms with E-state index in [0.717, 1.165) is 5.92 Å². The van der Waals surface area contributed by atoms with Crippen molar-refractivity contribution in [2.75, 3.05) is 19.6 Å². The van der Waals surface area contributed by atoms with E-state index in [-0.39, 0.29) is 0 Å². The van der Waals surface area contributed by atoms with Crippen molar-refractivity contribution in [3.05, 3.63) is 0 Å². The highest BCUT2D eigenvalue weighted by molar-refractivity contribution is 4.67. The van der Waals surface area contributed by atoms with Crippen LogP contribution >= 0.6 is 0 Å². The fourth-order valence-electron chi connectivity index (χ4n) is 3.14. The third-order valence-electron chi connectivity index (χ3n) is 4.23. The molecular weight excluding hydrogens is 206 g/mol. The van der Waals surface area contributed by atoms with Gasteiger partial charge in [-0.3, -0.25) is 0 Å². The molecule has 1 heteroatoms. The van der Waals surface area contributed by atoms with Crippen molar-refractivity contribution in [2.24, 2.45) is 5.92 Å². The van der Waals surface area contributed by atoms with E-state index in [9.17, 15) is 0 Å². The van der Waals surface area contributed by atoms with E-state index >= 15 is 0 Å². The summed E-state index contributed by atoms with van der Waals surface area (Å²) in [6.07, 6.45) is 14.7. The van der Waals surface area contributed by atoms with Crippen LogP contribution in [0.4, 0.5) is 0 Å². The van der Waals surface area contributed by atoms with E-state index in [1.54, 1.807) is 0 Å². The van der Waals surface area contributed by atoms with Crippen LogP contribution in [0.25, 0.3) is 0 Å². The highest BCUT2D eigenvalue weighted by atomic mass is 15.1. The number of nitrogens with zero attached hydrogens (tertiary/aromatic N) is 1. The first-order valence-corrected chi connectivity index (χ1v) is 8.09. The lowest BCUT2D eigenvalue weighted by Gasteiger charge is -2.26. The van der Waals surface area contributed by atoms with Gasteiger partial charge in [-0.25, -0.2) is 0 Å². The van der Waals surface area contributed by atoms with Gasteiger partial charge in [0.25, 0.3) is 0 Å². The Bertz CT molecular complexity index is 157. The molecule has 1 aliphatic rings. The van der Waals surface area contributed by atoms with Gasteiger partial charge in [-0.2, -0.15) is 0 Å². The number of hydrogen-bond acceptors (Lipinski definition) is 1. The van der Waals surface area contributed by atoms with Gasteiger partial charge in [0.1, 0.15) is 0 Å². The molecule has 0 spiro atoms. The van der Waals surface area contributed by atoms with Crippen LogP contribution < -0.4 is 0 Å². The van der Waals surface area contributed by atoms with E-state index < -0.39 is 0 Å². The molecule has 0 aliphatic heterocycles. The smallest absolute Gasteiger partial charge is 0.000954 e. The van der Waals surface area contributed by atoms with Crippen LogP contribution in [0.15, 0.2) is 0 Å². The Morgan fingerprint density at radius 3 is 1.82 bits per heavy atom. The van der Waals surface area contributed by atoms with E-state index in [2.05, 4.69) is 18.7 Å².